The van der Waals surface area contributed by atoms with E-state index in [1.807, 2.05) is 0 Å². The van der Waals surface area contributed by atoms with Crippen molar-refractivity contribution < 1.29 is 4.74 Å². The molecule has 0 radical (unpaired) electrons. The highest BCUT2D eigenvalue weighted by atomic mass is 35.5. The first-order valence-electron chi connectivity index (χ1n) is 5.41. The van der Waals surface area contributed by atoms with Crippen molar-refractivity contribution in [2.75, 3.05) is 13.2 Å². The molecule has 2 aliphatic rings. The average molecular weight is 220 g/mol. The van der Waals surface area contributed by atoms with Crippen molar-refractivity contribution in [2.24, 2.45) is 11.3 Å². The SMILES string of the molecule is CC1(C)CNC(C)(C2CCC2)OC1.Cl. The molecule has 0 aromatic rings. The first-order chi connectivity index (χ1) is 6.02. The second-order valence-corrected chi connectivity index (χ2v) is 5.54. The van der Waals surface area contributed by atoms with Crippen LogP contribution in [0.2, 0.25) is 0 Å². The zero-order valence-corrected chi connectivity index (χ0v) is 10.2. The zero-order chi connectivity index (χ0) is 9.53. The summed E-state index contributed by atoms with van der Waals surface area (Å²) in [6.07, 6.45) is 4.06. The van der Waals surface area contributed by atoms with E-state index >= 15 is 0 Å². The van der Waals surface area contributed by atoms with E-state index in [1.54, 1.807) is 0 Å². The van der Waals surface area contributed by atoms with Crippen molar-refractivity contribution in [1.29, 1.82) is 0 Å². The van der Waals surface area contributed by atoms with Crippen molar-refractivity contribution in [3.8, 4) is 0 Å². The average Bonchev–Trinajstić information content (AvgIpc) is 1.93. The van der Waals surface area contributed by atoms with Crippen LogP contribution < -0.4 is 5.32 Å². The molecule has 1 N–H and O–H groups in total. The summed E-state index contributed by atoms with van der Waals surface area (Å²) in [5, 5.41) is 3.57. The third-order valence-electron chi connectivity index (χ3n) is 3.56. The molecule has 2 rings (SSSR count). The Hall–Kier alpha value is 0.210. The Morgan fingerprint density at radius 1 is 1.21 bits per heavy atom. The summed E-state index contributed by atoms with van der Waals surface area (Å²) in [6.45, 7) is 8.69. The smallest absolute Gasteiger partial charge is 0.119 e. The van der Waals surface area contributed by atoms with E-state index in [4.69, 9.17) is 4.74 Å². The number of hydrogen-bond acceptors (Lipinski definition) is 2. The van der Waals surface area contributed by atoms with Gasteiger partial charge in [0, 0.05) is 17.9 Å². The number of halogens is 1. The maximum Gasteiger partial charge on any atom is 0.119 e. The summed E-state index contributed by atoms with van der Waals surface area (Å²) >= 11 is 0. The summed E-state index contributed by atoms with van der Waals surface area (Å²) in [7, 11) is 0. The molecule has 0 aromatic heterocycles. The van der Waals surface area contributed by atoms with Crippen molar-refractivity contribution in [3.05, 3.63) is 0 Å². The van der Waals surface area contributed by atoms with Crippen molar-refractivity contribution in [1.82, 2.24) is 5.32 Å². The van der Waals surface area contributed by atoms with Crippen LogP contribution in [0.15, 0.2) is 0 Å². The molecule has 0 aromatic carbocycles. The molecule has 14 heavy (non-hydrogen) atoms. The van der Waals surface area contributed by atoms with Crippen LogP contribution in [0.3, 0.4) is 0 Å². The van der Waals surface area contributed by atoms with Crippen LogP contribution in [-0.2, 0) is 4.74 Å². The maximum atomic E-state index is 5.97. The van der Waals surface area contributed by atoms with E-state index in [0.717, 1.165) is 19.1 Å². The summed E-state index contributed by atoms with van der Waals surface area (Å²) < 4.78 is 5.97. The first-order valence-corrected chi connectivity index (χ1v) is 5.41. The molecule has 1 saturated heterocycles. The van der Waals surface area contributed by atoms with Crippen LogP contribution in [-0.4, -0.2) is 18.9 Å². The molecular formula is C11H22ClNO. The van der Waals surface area contributed by atoms with Crippen molar-refractivity contribution in [2.45, 2.75) is 45.8 Å². The minimum atomic E-state index is -0.0201. The molecule has 1 saturated carbocycles. The molecule has 1 atom stereocenters. The molecular weight excluding hydrogens is 198 g/mol. The van der Waals surface area contributed by atoms with E-state index in [-0.39, 0.29) is 18.1 Å². The minimum Gasteiger partial charge on any atom is -0.360 e. The van der Waals surface area contributed by atoms with Gasteiger partial charge in [0.15, 0.2) is 0 Å². The summed E-state index contributed by atoms with van der Waals surface area (Å²) in [5.74, 6) is 0.753. The van der Waals surface area contributed by atoms with E-state index in [9.17, 15) is 0 Å². The van der Waals surface area contributed by atoms with E-state index in [1.165, 1.54) is 19.3 Å². The fourth-order valence-corrected chi connectivity index (χ4v) is 2.08. The highest BCUT2D eigenvalue weighted by Gasteiger charge is 2.43. The molecule has 1 aliphatic carbocycles. The number of hydrogen-bond donors (Lipinski definition) is 1. The van der Waals surface area contributed by atoms with E-state index in [2.05, 4.69) is 26.1 Å². The van der Waals surface area contributed by atoms with Gasteiger partial charge in [-0.2, -0.15) is 0 Å². The molecule has 0 spiro atoms. The summed E-state index contributed by atoms with van der Waals surface area (Å²) in [4.78, 5) is 0. The second-order valence-electron chi connectivity index (χ2n) is 5.54. The first kappa shape index (κ1) is 12.3. The van der Waals surface area contributed by atoms with Gasteiger partial charge in [-0.15, -0.1) is 12.4 Å². The number of rotatable bonds is 1. The lowest BCUT2D eigenvalue weighted by molar-refractivity contribution is -0.171. The third kappa shape index (κ3) is 2.23. The van der Waals surface area contributed by atoms with Gasteiger partial charge in [-0.25, -0.2) is 0 Å². The van der Waals surface area contributed by atoms with E-state index < -0.39 is 0 Å². The van der Waals surface area contributed by atoms with Crippen LogP contribution in [0.4, 0.5) is 0 Å². The van der Waals surface area contributed by atoms with Crippen molar-refractivity contribution >= 4 is 12.4 Å². The van der Waals surface area contributed by atoms with Gasteiger partial charge in [0.1, 0.15) is 5.72 Å². The van der Waals surface area contributed by atoms with Gasteiger partial charge in [0.2, 0.25) is 0 Å². The molecule has 84 valence electrons. The van der Waals surface area contributed by atoms with Gasteiger partial charge in [-0.05, 0) is 19.8 Å². The van der Waals surface area contributed by atoms with Gasteiger partial charge in [-0.3, -0.25) is 5.32 Å². The fraction of sp³-hybridized carbons (Fsp3) is 1.00. The lowest BCUT2D eigenvalue weighted by Crippen LogP contribution is -2.60. The topological polar surface area (TPSA) is 21.3 Å². The van der Waals surface area contributed by atoms with Gasteiger partial charge in [0.25, 0.3) is 0 Å². The van der Waals surface area contributed by atoms with Crippen LogP contribution >= 0.6 is 12.4 Å². The van der Waals surface area contributed by atoms with Crippen LogP contribution in [0, 0.1) is 11.3 Å². The van der Waals surface area contributed by atoms with Gasteiger partial charge >= 0.3 is 0 Å². The van der Waals surface area contributed by atoms with Crippen LogP contribution in [0.5, 0.6) is 0 Å². The Balaban J connectivity index is 0.000000980. The Labute approximate surface area is 93.2 Å². The quantitative estimate of drug-likeness (QED) is 0.732. The van der Waals surface area contributed by atoms with Crippen LogP contribution in [0.25, 0.3) is 0 Å². The lowest BCUT2D eigenvalue weighted by Gasteiger charge is -2.49. The van der Waals surface area contributed by atoms with Crippen LogP contribution in [0.1, 0.15) is 40.0 Å². The normalized spacial score (nSPS) is 37.1. The standard InChI is InChI=1S/C11H21NO.ClH/c1-10(2)7-12-11(3,13-8-10)9-5-4-6-9;/h9,12H,4-8H2,1-3H3;1H. The summed E-state index contributed by atoms with van der Waals surface area (Å²) in [5.41, 5.74) is 0.289. The highest BCUT2D eigenvalue weighted by molar-refractivity contribution is 5.85. The minimum absolute atomic E-state index is 0. The lowest BCUT2D eigenvalue weighted by atomic mass is 9.76. The molecule has 0 bridgehead atoms. The maximum absolute atomic E-state index is 5.97. The molecule has 0 amide bonds. The molecule has 2 nitrogen and oxygen atoms in total. The molecule has 1 unspecified atom stereocenters. The summed E-state index contributed by atoms with van der Waals surface area (Å²) in [6, 6.07) is 0. The van der Waals surface area contributed by atoms with Gasteiger partial charge < -0.3 is 4.74 Å². The number of ether oxygens (including phenoxy) is 1. The van der Waals surface area contributed by atoms with Gasteiger partial charge in [0.05, 0.1) is 6.61 Å². The zero-order valence-electron chi connectivity index (χ0n) is 9.43. The Bertz CT molecular complexity index is 191. The molecule has 3 heteroatoms. The fourth-order valence-electron chi connectivity index (χ4n) is 2.08. The Morgan fingerprint density at radius 3 is 2.21 bits per heavy atom. The largest absolute Gasteiger partial charge is 0.360 e. The Kier molecular flexibility index (Phi) is 3.50. The highest BCUT2D eigenvalue weighted by Crippen LogP contribution is 2.39. The second kappa shape index (κ2) is 3.99. The predicted molar refractivity (Wildman–Crippen MR) is 60.7 cm³/mol. The van der Waals surface area contributed by atoms with Crippen molar-refractivity contribution in [3.63, 3.8) is 0 Å². The predicted octanol–water partition coefficient (Wildman–Crippen LogP) is 2.57. The molecule has 1 heterocycles. The number of nitrogens with one attached hydrogen (secondary N) is 1. The molecule has 2 fully saturated rings. The van der Waals surface area contributed by atoms with Gasteiger partial charge in [-0.1, -0.05) is 20.3 Å². The molecule has 1 aliphatic heterocycles. The third-order valence-corrected chi connectivity index (χ3v) is 3.56. The monoisotopic (exact) mass is 219 g/mol. The van der Waals surface area contributed by atoms with E-state index in [0.29, 0.717) is 5.41 Å². The Morgan fingerprint density at radius 2 is 1.86 bits per heavy atom.